The predicted octanol–water partition coefficient (Wildman–Crippen LogP) is 5.85. The summed E-state index contributed by atoms with van der Waals surface area (Å²) in [5, 5.41) is 3.38. The zero-order valence-electron chi connectivity index (χ0n) is 16.0. The summed E-state index contributed by atoms with van der Waals surface area (Å²) in [5.74, 6) is 0. The van der Waals surface area contributed by atoms with Crippen molar-refractivity contribution in [2.24, 2.45) is 0 Å². The summed E-state index contributed by atoms with van der Waals surface area (Å²) in [6.45, 7) is 0.540. The van der Waals surface area contributed by atoms with Crippen LogP contribution < -0.4 is 0 Å². The Labute approximate surface area is 185 Å². The van der Waals surface area contributed by atoms with Crippen LogP contribution in [0.3, 0.4) is 0 Å². The second-order valence-electron chi connectivity index (χ2n) is 6.75. The van der Waals surface area contributed by atoms with Gasteiger partial charge in [-0.2, -0.15) is 4.31 Å². The number of hydrogen-bond donors (Lipinski definition) is 0. The van der Waals surface area contributed by atoms with Gasteiger partial charge in [0.15, 0.2) is 0 Å². The molecule has 1 heterocycles. The van der Waals surface area contributed by atoms with Crippen LogP contribution >= 0.6 is 22.9 Å². The van der Waals surface area contributed by atoms with Crippen LogP contribution in [0.15, 0.2) is 95.3 Å². The zero-order valence-corrected chi connectivity index (χ0v) is 18.4. The molecule has 0 saturated carbocycles. The van der Waals surface area contributed by atoms with Gasteiger partial charge in [0.1, 0.15) is 5.01 Å². The number of hydrogen-bond acceptors (Lipinski definition) is 4. The summed E-state index contributed by atoms with van der Waals surface area (Å²) in [7, 11) is -3.70. The van der Waals surface area contributed by atoms with Gasteiger partial charge in [-0.05, 0) is 35.4 Å². The van der Waals surface area contributed by atoms with Crippen LogP contribution in [0.1, 0.15) is 11.1 Å². The average molecular weight is 455 g/mol. The Morgan fingerprint density at radius 3 is 2.07 bits per heavy atom. The van der Waals surface area contributed by atoms with E-state index in [0.29, 0.717) is 5.02 Å². The first-order valence-corrected chi connectivity index (χ1v) is 12.0. The van der Waals surface area contributed by atoms with Crippen LogP contribution in [0.5, 0.6) is 0 Å². The molecule has 0 N–H and O–H groups in total. The Morgan fingerprint density at radius 1 is 0.833 bits per heavy atom. The van der Waals surface area contributed by atoms with Crippen LogP contribution in [0.25, 0.3) is 10.6 Å². The molecule has 0 bridgehead atoms. The number of rotatable bonds is 7. The molecule has 4 rings (SSSR count). The minimum Gasteiger partial charge on any atom is -0.245 e. The third-order valence-corrected chi connectivity index (χ3v) is 7.53. The molecular weight excluding hydrogens is 436 g/mol. The van der Waals surface area contributed by atoms with E-state index < -0.39 is 10.0 Å². The molecule has 0 atom stereocenters. The minimum absolute atomic E-state index is 0.224. The van der Waals surface area contributed by atoms with E-state index in [1.54, 1.807) is 41.8 Å². The van der Waals surface area contributed by atoms with Crippen molar-refractivity contribution in [2.75, 3.05) is 0 Å². The molecule has 0 aliphatic rings. The second-order valence-corrected chi connectivity index (χ2v) is 10.0. The summed E-state index contributed by atoms with van der Waals surface area (Å²) in [5.41, 5.74) is 2.85. The van der Waals surface area contributed by atoms with Gasteiger partial charge in [-0.3, -0.25) is 0 Å². The van der Waals surface area contributed by atoms with E-state index in [0.717, 1.165) is 21.7 Å². The molecule has 0 spiro atoms. The van der Waals surface area contributed by atoms with E-state index in [1.165, 1.54) is 4.31 Å². The normalized spacial score (nSPS) is 11.7. The van der Waals surface area contributed by atoms with Gasteiger partial charge in [0, 0.05) is 35.3 Å². The van der Waals surface area contributed by atoms with Crippen LogP contribution in [-0.4, -0.2) is 17.7 Å². The molecule has 152 valence electrons. The molecule has 3 aromatic carbocycles. The van der Waals surface area contributed by atoms with Crippen molar-refractivity contribution < 1.29 is 8.42 Å². The SMILES string of the molecule is O=S(=O)(c1ccc(Cl)cc1)N(Cc1ccccc1)Cc1ccc(-c2nccs2)cc1. The lowest BCUT2D eigenvalue weighted by molar-refractivity contribution is 0.401. The monoisotopic (exact) mass is 454 g/mol. The smallest absolute Gasteiger partial charge is 0.243 e. The summed E-state index contributed by atoms with van der Waals surface area (Å²) in [4.78, 5) is 4.54. The molecule has 0 aliphatic carbocycles. The summed E-state index contributed by atoms with van der Waals surface area (Å²) in [6.07, 6.45) is 1.77. The highest BCUT2D eigenvalue weighted by molar-refractivity contribution is 7.89. The minimum atomic E-state index is -3.70. The maximum Gasteiger partial charge on any atom is 0.243 e. The Kier molecular flexibility index (Phi) is 6.29. The maximum atomic E-state index is 13.4. The number of nitrogens with zero attached hydrogens (tertiary/aromatic N) is 2. The van der Waals surface area contributed by atoms with Crippen molar-refractivity contribution in [1.82, 2.24) is 9.29 Å². The second kappa shape index (κ2) is 9.10. The van der Waals surface area contributed by atoms with Crippen LogP contribution in [-0.2, 0) is 23.1 Å². The first kappa shape index (κ1) is 20.8. The molecule has 7 heteroatoms. The molecule has 30 heavy (non-hydrogen) atoms. The van der Waals surface area contributed by atoms with Crippen molar-refractivity contribution in [1.29, 1.82) is 0 Å². The first-order chi connectivity index (χ1) is 14.5. The number of aromatic nitrogens is 1. The fourth-order valence-electron chi connectivity index (χ4n) is 3.09. The summed E-state index contributed by atoms with van der Waals surface area (Å²) in [6, 6.07) is 23.7. The lowest BCUT2D eigenvalue weighted by Gasteiger charge is -2.23. The van der Waals surface area contributed by atoms with Crippen molar-refractivity contribution in [2.45, 2.75) is 18.0 Å². The molecule has 1 aromatic heterocycles. The lowest BCUT2D eigenvalue weighted by atomic mass is 10.1. The number of benzene rings is 3. The molecule has 0 radical (unpaired) electrons. The Balaban J connectivity index is 1.64. The van der Waals surface area contributed by atoms with Gasteiger partial charge in [-0.25, -0.2) is 13.4 Å². The number of sulfonamides is 1. The third kappa shape index (κ3) is 4.79. The summed E-state index contributed by atoms with van der Waals surface area (Å²) < 4.78 is 28.3. The maximum absolute atomic E-state index is 13.4. The molecule has 0 unspecified atom stereocenters. The summed E-state index contributed by atoms with van der Waals surface area (Å²) >= 11 is 7.52. The highest BCUT2D eigenvalue weighted by Gasteiger charge is 2.25. The van der Waals surface area contributed by atoms with Gasteiger partial charge in [0.25, 0.3) is 0 Å². The van der Waals surface area contributed by atoms with Gasteiger partial charge in [-0.15, -0.1) is 11.3 Å². The average Bonchev–Trinajstić information content (AvgIpc) is 3.30. The van der Waals surface area contributed by atoms with Gasteiger partial charge in [0.05, 0.1) is 4.90 Å². The third-order valence-electron chi connectivity index (χ3n) is 4.65. The lowest BCUT2D eigenvalue weighted by Crippen LogP contribution is -2.30. The molecule has 4 nitrogen and oxygen atoms in total. The van der Waals surface area contributed by atoms with E-state index in [-0.39, 0.29) is 18.0 Å². The van der Waals surface area contributed by atoms with Crippen LogP contribution in [0, 0.1) is 0 Å². The fourth-order valence-corrected chi connectivity index (χ4v) is 5.28. The Bertz CT molecular complexity index is 1190. The van der Waals surface area contributed by atoms with Crippen molar-refractivity contribution in [3.8, 4) is 10.6 Å². The van der Waals surface area contributed by atoms with Crippen LogP contribution in [0.4, 0.5) is 0 Å². The topological polar surface area (TPSA) is 50.3 Å². The van der Waals surface area contributed by atoms with Crippen LogP contribution in [0.2, 0.25) is 5.02 Å². The van der Waals surface area contributed by atoms with Gasteiger partial charge in [-0.1, -0.05) is 66.2 Å². The molecule has 4 aromatic rings. The van der Waals surface area contributed by atoms with E-state index in [2.05, 4.69) is 4.98 Å². The van der Waals surface area contributed by atoms with Gasteiger partial charge < -0.3 is 0 Å². The largest absolute Gasteiger partial charge is 0.245 e. The number of thiazole rings is 1. The van der Waals surface area contributed by atoms with E-state index in [1.807, 2.05) is 60.0 Å². The molecular formula is C23H19ClN2O2S2. The molecule has 0 saturated heterocycles. The zero-order chi connectivity index (χ0) is 21.0. The predicted molar refractivity (Wildman–Crippen MR) is 122 cm³/mol. The molecule has 0 fully saturated rings. The first-order valence-electron chi connectivity index (χ1n) is 9.31. The quantitative estimate of drug-likeness (QED) is 0.351. The van der Waals surface area contributed by atoms with Crippen molar-refractivity contribution >= 4 is 33.0 Å². The van der Waals surface area contributed by atoms with Gasteiger partial charge in [0.2, 0.25) is 10.0 Å². The van der Waals surface area contributed by atoms with Crippen molar-refractivity contribution in [3.63, 3.8) is 0 Å². The molecule has 0 aliphatic heterocycles. The Hall–Kier alpha value is -2.51. The van der Waals surface area contributed by atoms with E-state index in [4.69, 9.17) is 11.6 Å². The van der Waals surface area contributed by atoms with E-state index >= 15 is 0 Å². The highest BCUT2D eigenvalue weighted by atomic mass is 35.5. The fraction of sp³-hybridized carbons (Fsp3) is 0.0870. The Morgan fingerprint density at radius 2 is 1.47 bits per heavy atom. The van der Waals surface area contributed by atoms with Crippen molar-refractivity contribution in [3.05, 3.63) is 107 Å². The van der Waals surface area contributed by atoms with E-state index in [9.17, 15) is 8.42 Å². The highest BCUT2D eigenvalue weighted by Crippen LogP contribution is 2.25. The van der Waals surface area contributed by atoms with Gasteiger partial charge >= 0.3 is 0 Å². The molecule has 0 amide bonds. The standard InChI is InChI=1S/C23H19ClN2O2S2/c24-21-10-12-22(13-11-21)30(27,28)26(16-18-4-2-1-3-5-18)17-19-6-8-20(9-7-19)23-25-14-15-29-23/h1-15H,16-17H2. The number of halogens is 1.